The van der Waals surface area contributed by atoms with Gasteiger partial charge in [0.15, 0.2) is 11.6 Å². The first kappa shape index (κ1) is 23.2. The number of piperidine rings is 1. The van der Waals surface area contributed by atoms with Crippen LogP contribution in [0.2, 0.25) is 0 Å². The summed E-state index contributed by atoms with van der Waals surface area (Å²) < 4.78 is 35.9. The first-order chi connectivity index (χ1) is 14.6. The highest BCUT2D eigenvalue weighted by Gasteiger charge is 2.34. The second-order valence-electron chi connectivity index (χ2n) is 7.98. The number of Topliss-reactive ketones (excluding diaryl/α,β-unsaturated/α-hetero) is 1. The fourth-order valence-electron chi connectivity index (χ4n) is 4.02. The van der Waals surface area contributed by atoms with Crippen LogP contribution < -0.4 is 0 Å². The number of hydrogen-bond acceptors (Lipinski definition) is 6. The van der Waals surface area contributed by atoms with Crippen LogP contribution in [0.1, 0.15) is 47.3 Å². The highest BCUT2D eigenvalue weighted by atomic mass is 32.2. The van der Waals surface area contributed by atoms with Crippen LogP contribution in [0, 0.1) is 26.7 Å². The summed E-state index contributed by atoms with van der Waals surface area (Å²) in [6.07, 6.45) is 2.19. The molecule has 1 aliphatic rings. The van der Waals surface area contributed by atoms with Crippen LogP contribution >= 0.6 is 0 Å². The maximum atomic E-state index is 12.8. The van der Waals surface area contributed by atoms with Crippen LogP contribution in [0.4, 0.5) is 0 Å². The van der Waals surface area contributed by atoms with E-state index in [0.29, 0.717) is 24.2 Å². The first-order valence-electron chi connectivity index (χ1n) is 10.4. The second-order valence-corrected chi connectivity index (χ2v) is 9.86. The SMILES string of the molecule is CCn1c(C)cc(C(=O)COC(=O)C2CCN(S(=O)(=O)c3cn(C)c(C)n3)CC2)c1C. The van der Waals surface area contributed by atoms with Crippen molar-refractivity contribution in [2.24, 2.45) is 13.0 Å². The van der Waals surface area contributed by atoms with Gasteiger partial charge in [-0.25, -0.2) is 13.4 Å². The van der Waals surface area contributed by atoms with Crippen molar-refractivity contribution < 1.29 is 22.7 Å². The van der Waals surface area contributed by atoms with Gasteiger partial charge in [0.1, 0.15) is 5.82 Å². The lowest BCUT2D eigenvalue weighted by Crippen LogP contribution is -2.41. The van der Waals surface area contributed by atoms with Crippen molar-refractivity contribution in [2.45, 2.75) is 52.1 Å². The normalized spacial score (nSPS) is 15.9. The minimum absolute atomic E-state index is 0.0174. The van der Waals surface area contributed by atoms with Gasteiger partial charge in [-0.3, -0.25) is 9.59 Å². The largest absolute Gasteiger partial charge is 0.457 e. The van der Waals surface area contributed by atoms with Crippen molar-refractivity contribution in [1.29, 1.82) is 0 Å². The van der Waals surface area contributed by atoms with E-state index in [1.807, 2.05) is 31.4 Å². The Labute approximate surface area is 183 Å². The smallest absolute Gasteiger partial charge is 0.309 e. The van der Waals surface area contributed by atoms with Gasteiger partial charge in [-0.05, 0) is 46.6 Å². The molecule has 31 heavy (non-hydrogen) atoms. The molecule has 0 atom stereocenters. The van der Waals surface area contributed by atoms with Gasteiger partial charge in [-0.2, -0.15) is 4.31 Å². The van der Waals surface area contributed by atoms with Crippen molar-refractivity contribution in [3.05, 3.63) is 35.0 Å². The molecule has 2 aromatic heterocycles. The van der Waals surface area contributed by atoms with Crippen molar-refractivity contribution in [3.63, 3.8) is 0 Å². The number of rotatable bonds is 7. The molecule has 0 unspecified atom stereocenters. The van der Waals surface area contributed by atoms with Crippen LogP contribution in [-0.2, 0) is 33.1 Å². The molecule has 3 rings (SSSR count). The van der Waals surface area contributed by atoms with Gasteiger partial charge < -0.3 is 13.9 Å². The topological polar surface area (TPSA) is 104 Å². The van der Waals surface area contributed by atoms with Crippen molar-refractivity contribution in [1.82, 2.24) is 18.4 Å². The number of esters is 1. The molecule has 0 N–H and O–H groups in total. The summed E-state index contributed by atoms with van der Waals surface area (Å²) in [5.41, 5.74) is 2.43. The number of imidazole rings is 1. The summed E-state index contributed by atoms with van der Waals surface area (Å²) in [6.45, 7) is 8.45. The fraction of sp³-hybridized carbons (Fsp3) is 0.571. The molecular weight excluding hydrogens is 420 g/mol. The molecule has 1 aliphatic heterocycles. The minimum Gasteiger partial charge on any atom is -0.457 e. The van der Waals surface area contributed by atoms with E-state index in [-0.39, 0.29) is 30.5 Å². The van der Waals surface area contributed by atoms with E-state index in [0.717, 1.165) is 17.9 Å². The summed E-state index contributed by atoms with van der Waals surface area (Å²) in [5, 5.41) is 0.0174. The third-order valence-electron chi connectivity index (χ3n) is 6.01. The minimum atomic E-state index is -3.69. The standard InChI is InChI=1S/C21H30N4O5S/c1-6-25-14(2)11-18(15(25)3)19(26)13-30-21(27)17-7-9-24(10-8-17)31(28,29)20-12-23(5)16(4)22-20/h11-12,17H,6-10,13H2,1-5H3. The second kappa shape index (κ2) is 8.96. The van der Waals surface area contributed by atoms with Crippen LogP contribution in [0.15, 0.2) is 17.3 Å². The van der Waals surface area contributed by atoms with E-state index < -0.39 is 21.9 Å². The Hall–Kier alpha value is -2.46. The molecule has 3 heterocycles. The number of aryl methyl sites for hydroxylation is 3. The Morgan fingerprint density at radius 1 is 1.19 bits per heavy atom. The van der Waals surface area contributed by atoms with Gasteiger partial charge in [-0.1, -0.05) is 0 Å². The molecule has 9 nitrogen and oxygen atoms in total. The number of sulfonamides is 1. The highest BCUT2D eigenvalue weighted by Crippen LogP contribution is 2.24. The summed E-state index contributed by atoms with van der Waals surface area (Å²) in [4.78, 5) is 29.1. The molecule has 2 aromatic rings. The Bertz CT molecular complexity index is 1070. The Morgan fingerprint density at radius 3 is 2.35 bits per heavy atom. The number of carbonyl (C=O) groups is 2. The first-order valence-corrected chi connectivity index (χ1v) is 11.9. The van der Waals surface area contributed by atoms with E-state index >= 15 is 0 Å². The summed E-state index contributed by atoms with van der Waals surface area (Å²) in [7, 11) is -1.95. The Balaban J connectivity index is 1.55. The lowest BCUT2D eigenvalue weighted by atomic mass is 9.98. The van der Waals surface area contributed by atoms with E-state index in [1.54, 1.807) is 18.5 Å². The zero-order valence-electron chi connectivity index (χ0n) is 18.7. The molecule has 1 fully saturated rings. The third kappa shape index (κ3) is 4.59. The van der Waals surface area contributed by atoms with E-state index in [4.69, 9.17) is 4.74 Å². The summed E-state index contributed by atoms with van der Waals surface area (Å²) in [6, 6.07) is 1.82. The van der Waals surface area contributed by atoms with Crippen LogP contribution in [0.3, 0.4) is 0 Å². The van der Waals surface area contributed by atoms with Crippen molar-refractivity contribution in [2.75, 3.05) is 19.7 Å². The summed E-state index contributed by atoms with van der Waals surface area (Å²) >= 11 is 0. The van der Waals surface area contributed by atoms with Gasteiger partial charge in [-0.15, -0.1) is 0 Å². The molecule has 0 saturated carbocycles. The molecule has 10 heteroatoms. The third-order valence-corrected chi connectivity index (χ3v) is 7.78. The quantitative estimate of drug-likeness (QED) is 0.472. The predicted molar refractivity (Wildman–Crippen MR) is 114 cm³/mol. The van der Waals surface area contributed by atoms with Crippen molar-refractivity contribution in [3.8, 4) is 0 Å². The van der Waals surface area contributed by atoms with Crippen LogP contribution in [0.5, 0.6) is 0 Å². The van der Waals surface area contributed by atoms with Crippen LogP contribution in [0.25, 0.3) is 0 Å². The average Bonchev–Trinajstić information content (AvgIpc) is 3.24. The molecule has 1 saturated heterocycles. The highest BCUT2D eigenvalue weighted by molar-refractivity contribution is 7.89. The number of nitrogens with zero attached hydrogens (tertiary/aromatic N) is 4. The zero-order chi connectivity index (χ0) is 22.9. The predicted octanol–water partition coefficient (Wildman–Crippen LogP) is 1.99. The van der Waals surface area contributed by atoms with Crippen LogP contribution in [-0.4, -0.2) is 58.3 Å². The van der Waals surface area contributed by atoms with Gasteiger partial charge in [0.25, 0.3) is 10.0 Å². The fourth-order valence-corrected chi connectivity index (χ4v) is 5.51. The molecule has 170 valence electrons. The van der Waals surface area contributed by atoms with Gasteiger partial charge in [0.2, 0.25) is 5.78 Å². The number of ketones is 1. The lowest BCUT2D eigenvalue weighted by molar-refractivity contribution is -0.148. The lowest BCUT2D eigenvalue weighted by Gasteiger charge is -2.29. The molecule has 0 aliphatic carbocycles. The van der Waals surface area contributed by atoms with Gasteiger partial charge >= 0.3 is 5.97 Å². The monoisotopic (exact) mass is 450 g/mol. The molecule has 0 spiro atoms. The zero-order valence-corrected chi connectivity index (χ0v) is 19.5. The molecule has 0 amide bonds. The van der Waals surface area contributed by atoms with E-state index in [9.17, 15) is 18.0 Å². The molecular formula is C21H30N4O5S. The molecule has 0 bridgehead atoms. The number of ether oxygens (including phenoxy) is 1. The van der Waals surface area contributed by atoms with Gasteiger partial charge in [0, 0.05) is 49.8 Å². The number of aromatic nitrogens is 3. The van der Waals surface area contributed by atoms with Crippen molar-refractivity contribution >= 4 is 21.8 Å². The number of hydrogen-bond donors (Lipinski definition) is 0. The van der Waals surface area contributed by atoms with Gasteiger partial charge in [0.05, 0.1) is 5.92 Å². The van der Waals surface area contributed by atoms with E-state index in [2.05, 4.69) is 4.98 Å². The maximum absolute atomic E-state index is 12.8. The molecule has 0 radical (unpaired) electrons. The Kier molecular flexibility index (Phi) is 6.70. The average molecular weight is 451 g/mol. The number of carbonyl (C=O) groups excluding carboxylic acids is 2. The Morgan fingerprint density at radius 2 is 1.84 bits per heavy atom. The maximum Gasteiger partial charge on any atom is 0.309 e. The summed E-state index contributed by atoms with van der Waals surface area (Å²) in [5.74, 6) is -0.496. The van der Waals surface area contributed by atoms with E-state index in [1.165, 1.54) is 10.5 Å². The molecule has 0 aromatic carbocycles.